The fourth-order valence-corrected chi connectivity index (χ4v) is 1.25. The Balaban J connectivity index is 2.78. The van der Waals surface area contributed by atoms with Gasteiger partial charge >= 0.3 is 0 Å². The van der Waals surface area contributed by atoms with Gasteiger partial charge in [0.2, 0.25) is 5.96 Å². The molecule has 0 unspecified atom stereocenters. The highest BCUT2D eigenvalue weighted by Gasteiger charge is 1.99. The summed E-state index contributed by atoms with van der Waals surface area (Å²) in [6.45, 7) is 4.60. The van der Waals surface area contributed by atoms with E-state index < -0.39 is 0 Å². The Morgan fingerprint density at radius 2 is 2.27 bits per heavy atom. The number of nitrogens with zero attached hydrogens (tertiary/aromatic N) is 2. The number of nitriles is 1. The molecule has 0 fully saturated rings. The molecule has 4 heteroatoms. The normalized spacial score (nSPS) is 10.9. The first-order chi connectivity index (χ1) is 7.15. The predicted octanol–water partition coefficient (Wildman–Crippen LogP) is 1.19. The van der Waals surface area contributed by atoms with Crippen molar-refractivity contribution in [2.75, 3.05) is 0 Å². The summed E-state index contributed by atoms with van der Waals surface area (Å²) in [5.74, 6) is 0.151. The van der Waals surface area contributed by atoms with Crippen LogP contribution in [0.3, 0.4) is 0 Å². The third kappa shape index (κ3) is 2.99. The van der Waals surface area contributed by atoms with Gasteiger partial charge in [-0.2, -0.15) is 5.26 Å². The summed E-state index contributed by atoms with van der Waals surface area (Å²) in [7, 11) is 0. The van der Waals surface area contributed by atoms with Gasteiger partial charge in [0.1, 0.15) is 0 Å². The maximum atomic E-state index is 8.31. The molecule has 0 atom stereocenters. The molecule has 0 saturated heterocycles. The molecule has 0 heterocycles. The Bertz CT molecular complexity index is 415. The Kier molecular flexibility index (Phi) is 3.69. The molecule has 15 heavy (non-hydrogen) atoms. The van der Waals surface area contributed by atoms with E-state index in [2.05, 4.69) is 23.3 Å². The summed E-state index contributed by atoms with van der Waals surface area (Å²) in [5.41, 5.74) is 9.00. The van der Waals surface area contributed by atoms with Gasteiger partial charge in [0.15, 0.2) is 6.19 Å². The highest BCUT2D eigenvalue weighted by atomic mass is 15.1. The average Bonchev–Trinajstić information content (AvgIpc) is 2.21. The van der Waals surface area contributed by atoms with E-state index in [1.54, 1.807) is 6.19 Å². The standard InChI is InChI=1S/C11H14N4/c1-8-4-3-5-10(9(8)2)6-14-11(13)15-7-12/h3-5H,6H2,1-2H3,(H3,13,14,15). The average molecular weight is 202 g/mol. The second-order valence-corrected chi connectivity index (χ2v) is 3.30. The molecule has 4 nitrogen and oxygen atoms in total. The van der Waals surface area contributed by atoms with E-state index in [0.29, 0.717) is 6.54 Å². The minimum absolute atomic E-state index is 0.151. The number of guanidine groups is 1. The molecule has 0 aliphatic rings. The molecule has 0 bridgehead atoms. The van der Waals surface area contributed by atoms with Crippen molar-refractivity contribution < 1.29 is 0 Å². The molecule has 0 spiro atoms. The number of aliphatic imine (C=N–C) groups is 1. The summed E-state index contributed by atoms with van der Waals surface area (Å²) in [6.07, 6.45) is 1.72. The largest absolute Gasteiger partial charge is 0.369 e. The molecule has 1 rings (SSSR count). The SMILES string of the molecule is Cc1cccc(CN=C(N)NC#N)c1C. The third-order valence-electron chi connectivity index (χ3n) is 2.32. The molecule has 0 radical (unpaired) electrons. The van der Waals surface area contributed by atoms with Crippen molar-refractivity contribution in [1.82, 2.24) is 5.32 Å². The minimum atomic E-state index is 0.151. The fourth-order valence-electron chi connectivity index (χ4n) is 1.25. The number of hydrogen-bond acceptors (Lipinski definition) is 2. The second-order valence-electron chi connectivity index (χ2n) is 3.30. The summed E-state index contributed by atoms with van der Waals surface area (Å²) in [5, 5.41) is 10.6. The highest BCUT2D eigenvalue weighted by molar-refractivity contribution is 5.79. The van der Waals surface area contributed by atoms with Crippen LogP contribution in [0.5, 0.6) is 0 Å². The van der Waals surface area contributed by atoms with Crippen molar-refractivity contribution in [2.24, 2.45) is 10.7 Å². The van der Waals surface area contributed by atoms with Gasteiger partial charge in [0, 0.05) is 0 Å². The lowest BCUT2D eigenvalue weighted by Gasteiger charge is -2.05. The highest BCUT2D eigenvalue weighted by Crippen LogP contribution is 2.13. The summed E-state index contributed by atoms with van der Waals surface area (Å²) in [6, 6.07) is 6.05. The number of hydrogen-bond donors (Lipinski definition) is 2. The fraction of sp³-hybridized carbons (Fsp3) is 0.273. The van der Waals surface area contributed by atoms with Crippen LogP contribution in [-0.4, -0.2) is 5.96 Å². The summed E-state index contributed by atoms with van der Waals surface area (Å²) < 4.78 is 0. The van der Waals surface area contributed by atoms with Gasteiger partial charge in [-0.15, -0.1) is 0 Å². The first-order valence-electron chi connectivity index (χ1n) is 4.65. The Morgan fingerprint density at radius 1 is 1.53 bits per heavy atom. The van der Waals surface area contributed by atoms with E-state index >= 15 is 0 Å². The third-order valence-corrected chi connectivity index (χ3v) is 2.32. The molecular weight excluding hydrogens is 188 g/mol. The van der Waals surface area contributed by atoms with Gasteiger partial charge < -0.3 is 5.73 Å². The van der Waals surface area contributed by atoms with Crippen molar-refractivity contribution in [1.29, 1.82) is 5.26 Å². The van der Waals surface area contributed by atoms with E-state index in [4.69, 9.17) is 11.0 Å². The lowest BCUT2D eigenvalue weighted by atomic mass is 10.0. The van der Waals surface area contributed by atoms with E-state index in [9.17, 15) is 0 Å². The summed E-state index contributed by atoms with van der Waals surface area (Å²) in [4.78, 5) is 4.05. The van der Waals surface area contributed by atoms with Crippen LogP contribution in [0.4, 0.5) is 0 Å². The van der Waals surface area contributed by atoms with E-state index in [-0.39, 0.29) is 5.96 Å². The van der Waals surface area contributed by atoms with Crippen molar-refractivity contribution >= 4 is 5.96 Å². The van der Waals surface area contributed by atoms with E-state index in [1.165, 1.54) is 11.1 Å². The van der Waals surface area contributed by atoms with Crippen LogP contribution in [0, 0.1) is 25.3 Å². The summed E-state index contributed by atoms with van der Waals surface area (Å²) >= 11 is 0. The van der Waals surface area contributed by atoms with Crippen LogP contribution >= 0.6 is 0 Å². The minimum Gasteiger partial charge on any atom is -0.369 e. The predicted molar refractivity (Wildman–Crippen MR) is 60.0 cm³/mol. The molecule has 0 aliphatic carbocycles. The van der Waals surface area contributed by atoms with E-state index in [1.807, 2.05) is 19.1 Å². The Labute approximate surface area is 89.4 Å². The maximum Gasteiger partial charge on any atom is 0.202 e. The Morgan fingerprint density at radius 3 is 2.93 bits per heavy atom. The van der Waals surface area contributed by atoms with Gasteiger partial charge in [0.25, 0.3) is 0 Å². The molecule has 1 aromatic rings. The lowest BCUT2D eigenvalue weighted by molar-refractivity contribution is 1.01. The molecule has 0 aromatic heterocycles. The van der Waals surface area contributed by atoms with Gasteiger partial charge in [-0.3, -0.25) is 5.32 Å². The topological polar surface area (TPSA) is 74.2 Å². The first kappa shape index (κ1) is 11.1. The van der Waals surface area contributed by atoms with Crippen molar-refractivity contribution in [2.45, 2.75) is 20.4 Å². The smallest absolute Gasteiger partial charge is 0.202 e. The Hall–Kier alpha value is -2.02. The van der Waals surface area contributed by atoms with Gasteiger partial charge in [-0.05, 0) is 30.5 Å². The maximum absolute atomic E-state index is 8.31. The van der Waals surface area contributed by atoms with Crippen molar-refractivity contribution in [3.05, 3.63) is 34.9 Å². The molecule has 78 valence electrons. The number of nitrogens with one attached hydrogen (secondary N) is 1. The number of nitrogens with two attached hydrogens (primary N) is 1. The monoisotopic (exact) mass is 202 g/mol. The first-order valence-corrected chi connectivity index (χ1v) is 4.65. The van der Waals surface area contributed by atoms with Crippen LogP contribution in [0.15, 0.2) is 23.2 Å². The molecule has 0 aliphatic heterocycles. The van der Waals surface area contributed by atoms with Crippen LogP contribution in [-0.2, 0) is 6.54 Å². The number of benzene rings is 1. The van der Waals surface area contributed by atoms with Gasteiger partial charge in [0.05, 0.1) is 6.54 Å². The van der Waals surface area contributed by atoms with Gasteiger partial charge in [-0.25, -0.2) is 4.99 Å². The second kappa shape index (κ2) is 5.01. The lowest BCUT2D eigenvalue weighted by Crippen LogP contribution is -2.27. The molecular formula is C11H14N4. The van der Waals surface area contributed by atoms with Crippen molar-refractivity contribution in [3.63, 3.8) is 0 Å². The van der Waals surface area contributed by atoms with Crippen LogP contribution in [0.25, 0.3) is 0 Å². The molecule has 3 N–H and O–H groups in total. The zero-order valence-corrected chi connectivity index (χ0v) is 8.91. The molecule has 0 saturated carbocycles. The van der Waals surface area contributed by atoms with Gasteiger partial charge in [-0.1, -0.05) is 18.2 Å². The molecule has 1 aromatic carbocycles. The quantitative estimate of drug-likeness (QED) is 0.327. The van der Waals surface area contributed by atoms with Crippen LogP contribution in [0.1, 0.15) is 16.7 Å². The molecule has 0 amide bonds. The number of rotatable bonds is 2. The zero-order chi connectivity index (χ0) is 11.3. The van der Waals surface area contributed by atoms with E-state index in [0.717, 1.165) is 5.56 Å². The van der Waals surface area contributed by atoms with Crippen molar-refractivity contribution in [3.8, 4) is 6.19 Å². The zero-order valence-electron chi connectivity index (χ0n) is 8.91. The van der Waals surface area contributed by atoms with Crippen LogP contribution in [0.2, 0.25) is 0 Å². The van der Waals surface area contributed by atoms with Crippen LogP contribution < -0.4 is 11.1 Å². The number of aryl methyl sites for hydroxylation is 1.